The highest BCUT2D eigenvalue weighted by atomic mass is 19.4. The van der Waals surface area contributed by atoms with Gasteiger partial charge in [-0.15, -0.1) is 0 Å². The van der Waals surface area contributed by atoms with Crippen LogP contribution < -0.4 is 10.5 Å². The highest BCUT2D eigenvalue weighted by Crippen LogP contribution is 2.32. The number of hydrogen-bond donors (Lipinski definition) is 0. The summed E-state index contributed by atoms with van der Waals surface area (Å²) in [6, 6.07) is 19.4. The average molecular weight is 633 g/mol. The molecule has 5 rings (SSSR count). The van der Waals surface area contributed by atoms with Crippen LogP contribution in [0.25, 0.3) is 10.9 Å². The van der Waals surface area contributed by atoms with Crippen LogP contribution in [0.5, 0.6) is 0 Å². The molecule has 2 heterocycles. The topological polar surface area (TPSA) is 92.6 Å². The lowest BCUT2D eigenvalue weighted by molar-refractivity contribution is -0.137. The van der Waals surface area contributed by atoms with Crippen LogP contribution in [0, 0.1) is 0 Å². The summed E-state index contributed by atoms with van der Waals surface area (Å²) in [7, 11) is 0. The number of aromatic nitrogens is 2. The molecule has 1 aliphatic rings. The zero-order valence-electron chi connectivity index (χ0n) is 25.5. The molecular weight excluding hydrogens is 597 g/mol. The van der Waals surface area contributed by atoms with Crippen molar-refractivity contribution in [3.8, 4) is 0 Å². The quantitative estimate of drug-likeness (QED) is 0.219. The third kappa shape index (κ3) is 8.07. The van der Waals surface area contributed by atoms with Gasteiger partial charge in [0.15, 0.2) is 5.78 Å². The summed E-state index contributed by atoms with van der Waals surface area (Å²) in [6.07, 6.45) is -2.60. The summed E-state index contributed by atoms with van der Waals surface area (Å²) in [5, 5.41) is 0.345. The first-order valence-electron chi connectivity index (χ1n) is 15.2. The monoisotopic (exact) mass is 632 g/mol. The van der Waals surface area contributed by atoms with Gasteiger partial charge in [0, 0.05) is 58.1 Å². The van der Waals surface area contributed by atoms with E-state index in [1.165, 1.54) is 30.0 Å². The first-order chi connectivity index (χ1) is 22.0. The second-order valence-corrected chi connectivity index (χ2v) is 11.7. The Morgan fingerprint density at radius 2 is 1.54 bits per heavy atom. The molecule has 11 heteroatoms. The molecule has 0 aliphatic carbocycles. The number of benzene rings is 3. The summed E-state index contributed by atoms with van der Waals surface area (Å²) in [5.41, 5.74) is 1.52. The van der Waals surface area contributed by atoms with Crippen molar-refractivity contribution in [2.45, 2.75) is 51.2 Å². The second kappa shape index (κ2) is 14.1. The molecule has 46 heavy (non-hydrogen) atoms. The van der Waals surface area contributed by atoms with Crippen LogP contribution in [-0.2, 0) is 33.5 Å². The number of ketones is 2. The molecular formula is C35H35F3N4O4. The van der Waals surface area contributed by atoms with E-state index in [2.05, 4.69) is 9.88 Å². The van der Waals surface area contributed by atoms with E-state index in [1.807, 2.05) is 36.4 Å². The van der Waals surface area contributed by atoms with Crippen LogP contribution >= 0.6 is 0 Å². The number of amides is 1. The van der Waals surface area contributed by atoms with E-state index in [1.54, 1.807) is 17.0 Å². The van der Waals surface area contributed by atoms with Crippen molar-refractivity contribution in [1.29, 1.82) is 0 Å². The van der Waals surface area contributed by atoms with Crippen molar-refractivity contribution in [3.05, 3.63) is 106 Å². The van der Waals surface area contributed by atoms with Gasteiger partial charge in [-0.2, -0.15) is 13.2 Å². The molecule has 1 amide bonds. The fraction of sp³-hybridized carbons (Fsp3) is 0.343. The molecule has 240 valence electrons. The number of nitrogens with zero attached hydrogens (tertiary/aromatic N) is 4. The number of hydrogen-bond acceptors (Lipinski definition) is 6. The fourth-order valence-corrected chi connectivity index (χ4v) is 5.82. The number of fused-ring (bicyclic) bond motifs is 1. The van der Waals surface area contributed by atoms with Gasteiger partial charge in [0.05, 0.1) is 29.3 Å². The predicted octanol–water partition coefficient (Wildman–Crippen LogP) is 5.42. The van der Waals surface area contributed by atoms with Crippen molar-refractivity contribution in [3.63, 3.8) is 0 Å². The molecule has 8 nitrogen and oxygen atoms in total. The lowest BCUT2D eigenvalue weighted by Gasteiger charge is -2.35. The highest BCUT2D eigenvalue weighted by Gasteiger charge is 2.31. The van der Waals surface area contributed by atoms with Crippen molar-refractivity contribution in [2.24, 2.45) is 0 Å². The van der Waals surface area contributed by atoms with E-state index in [0.29, 0.717) is 49.1 Å². The van der Waals surface area contributed by atoms with E-state index in [-0.39, 0.29) is 43.3 Å². The number of carbonyl (C=O) groups excluding carboxylic acids is 3. The Balaban J connectivity index is 1.31. The van der Waals surface area contributed by atoms with Crippen LogP contribution in [-0.4, -0.2) is 58.1 Å². The zero-order valence-corrected chi connectivity index (χ0v) is 25.5. The number of piperazine rings is 1. The zero-order chi connectivity index (χ0) is 32.8. The van der Waals surface area contributed by atoms with E-state index in [9.17, 15) is 32.3 Å². The number of halogens is 3. The average Bonchev–Trinajstić information content (AvgIpc) is 3.05. The van der Waals surface area contributed by atoms with E-state index in [0.717, 1.165) is 23.4 Å². The molecule has 4 aromatic rings. The Bertz CT molecular complexity index is 1760. The SMILES string of the molecule is CC(=O)N1CCN(c2ccc3ncn(CC(=O)CC(CC(=O)CCc4ccccc4)c4ccc(C(F)(F)F)cc4)c(=O)c3c2)CC1. The Labute approximate surface area is 264 Å². The lowest BCUT2D eigenvalue weighted by Crippen LogP contribution is -2.48. The summed E-state index contributed by atoms with van der Waals surface area (Å²) in [5.74, 6) is -1.09. The van der Waals surface area contributed by atoms with Crippen molar-refractivity contribution in [1.82, 2.24) is 14.5 Å². The number of alkyl halides is 3. The Morgan fingerprint density at radius 3 is 2.20 bits per heavy atom. The molecule has 1 aliphatic heterocycles. The van der Waals surface area contributed by atoms with E-state index < -0.39 is 23.2 Å². The van der Waals surface area contributed by atoms with Gasteiger partial charge >= 0.3 is 6.18 Å². The molecule has 1 unspecified atom stereocenters. The summed E-state index contributed by atoms with van der Waals surface area (Å²) in [6.45, 7) is 3.64. The minimum atomic E-state index is -4.51. The third-order valence-corrected chi connectivity index (χ3v) is 8.44. The van der Waals surface area contributed by atoms with Gasteiger partial charge < -0.3 is 9.80 Å². The first-order valence-corrected chi connectivity index (χ1v) is 15.2. The van der Waals surface area contributed by atoms with Crippen LogP contribution in [0.2, 0.25) is 0 Å². The maximum atomic E-state index is 13.5. The van der Waals surface area contributed by atoms with Gasteiger partial charge in [0.1, 0.15) is 5.78 Å². The maximum Gasteiger partial charge on any atom is 0.416 e. The minimum Gasteiger partial charge on any atom is -0.368 e. The third-order valence-electron chi connectivity index (χ3n) is 8.44. The van der Waals surface area contributed by atoms with Gasteiger partial charge in [0.2, 0.25) is 5.91 Å². The minimum absolute atomic E-state index is 0.0188. The Morgan fingerprint density at radius 1 is 0.870 bits per heavy atom. The van der Waals surface area contributed by atoms with Crippen LogP contribution in [0.1, 0.15) is 48.8 Å². The fourth-order valence-electron chi connectivity index (χ4n) is 5.82. The predicted molar refractivity (Wildman–Crippen MR) is 169 cm³/mol. The van der Waals surface area contributed by atoms with Crippen molar-refractivity contribution >= 4 is 34.1 Å². The van der Waals surface area contributed by atoms with E-state index in [4.69, 9.17) is 0 Å². The summed E-state index contributed by atoms with van der Waals surface area (Å²) < 4.78 is 40.8. The maximum absolute atomic E-state index is 13.5. The van der Waals surface area contributed by atoms with Crippen LogP contribution in [0.15, 0.2) is 83.9 Å². The Hall–Kier alpha value is -4.80. The highest BCUT2D eigenvalue weighted by molar-refractivity contribution is 5.84. The molecule has 0 radical (unpaired) electrons. The number of carbonyl (C=O) groups is 3. The van der Waals surface area contributed by atoms with Crippen molar-refractivity contribution < 1.29 is 27.6 Å². The molecule has 0 bridgehead atoms. The normalized spacial score (nSPS) is 14.3. The molecule has 0 N–H and O–H groups in total. The first kappa shape index (κ1) is 32.6. The molecule has 0 saturated carbocycles. The molecule has 1 aromatic heterocycles. The van der Waals surface area contributed by atoms with Gasteiger partial charge in [0.25, 0.3) is 5.56 Å². The van der Waals surface area contributed by atoms with Crippen LogP contribution in [0.3, 0.4) is 0 Å². The van der Waals surface area contributed by atoms with Gasteiger partial charge in [-0.3, -0.25) is 23.7 Å². The van der Waals surface area contributed by atoms with Crippen LogP contribution in [0.4, 0.5) is 18.9 Å². The largest absolute Gasteiger partial charge is 0.416 e. The van der Waals surface area contributed by atoms with E-state index >= 15 is 0 Å². The standard InChI is InChI=1S/C35H35F3N4O4/c1-24(43)40-15-17-41(18-16-40)29-12-14-33-32(21-29)34(46)42(23-39-33)22-31(45)20-27(26-8-10-28(11-9-26)35(36,37)38)19-30(44)13-7-25-5-3-2-4-6-25/h2-6,8-12,14,21,23,27H,7,13,15-20,22H2,1H3. The molecule has 1 fully saturated rings. The summed E-state index contributed by atoms with van der Waals surface area (Å²) >= 11 is 0. The summed E-state index contributed by atoms with van der Waals surface area (Å²) in [4.78, 5) is 59.7. The van der Waals surface area contributed by atoms with Crippen molar-refractivity contribution in [2.75, 3.05) is 31.1 Å². The van der Waals surface area contributed by atoms with Gasteiger partial charge in [-0.1, -0.05) is 42.5 Å². The molecule has 3 aromatic carbocycles. The smallest absolute Gasteiger partial charge is 0.368 e. The number of Topliss-reactive ketones (excluding diaryl/α,β-unsaturated/α-hetero) is 2. The van der Waals surface area contributed by atoms with Gasteiger partial charge in [-0.25, -0.2) is 4.98 Å². The Kier molecular flexibility index (Phi) is 9.99. The molecule has 1 saturated heterocycles. The number of aryl methyl sites for hydroxylation is 1. The molecule has 0 spiro atoms. The number of anilines is 1. The number of rotatable bonds is 11. The second-order valence-electron chi connectivity index (χ2n) is 11.7. The molecule has 1 atom stereocenters. The lowest BCUT2D eigenvalue weighted by atomic mass is 9.87. The van der Waals surface area contributed by atoms with Gasteiger partial charge in [-0.05, 0) is 53.8 Å².